The second-order valence-electron chi connectivity index (χ2n) is 4.76. The van der Waals surface area contributed by atoms with E-state index in [1.165, 1.54) is 5.56 Å². The summed E-state index contributed by atoms with van der Waals surface area (Å²) in [5.41, 5.74) is 9.30. The van der Waals surface area contributed by atoms with Crippen LogP contribution in [0.1, 0.15) is 17.9 Å². The predicted molar refractivity (Wildman–Crippen MR) is 83.8 cm³/mol. The first kappa shape index (κ1) is 14.2. The molecule has 1 saturated carbocycles. The number of benzene rings is 2. The van der Waals surface area contributed by atoms with Crippen molar-refractivity contribution in [2.75, 3.05) is 5.32 Å². The van der Waals surface area contributed by atoms with Gasteiger partial charge < -0.3 is 11.1 Å². The smallest absolute Gasteiger partial charge is 0.0407 e. The number of hydrogen-bond donors (Lipinski definition) is 2. The molecule has 0 heterocycles. The van der Waals surface area contributed by atoms with Gasteiger partial charge in [-0.15, -0.1) is 12.4 Å². The fourth-order valence-corrected chi connectivity index (χ4v) is 2.24. The molecule has 4 heteroatoms. The van der Waals surface area contributed by atoms with Crippen molar-refractivity contribution in [2.45, 2.75) is 18.4 Å². The van der Waals surface area contributed by atoms with Crippen LogP contribution in [-0.2, 0) is 0 Å². The maximum Gasteiger partial charge on any atom is 0.0407 e. The summed E-state index contributed by atoms with van der Waals surface area (Å²) in [5, 5.41) is 4.09. The van der Waals surface area contributed by atoms with E-state index in [4.69, 9.17) is 17.3 Å². The van der Waals surface area contributed by atoms with Crippen molar-refractivity contribution in [1.29, 1.82) is 0 Å². The van der Waals surface area contributed by atoms with Gasteiger partial charge in [0.05, 0.1) is 0 Å². The highest BCUT2D eigenvalue weighted by Crippen LogP contribution is 2.39. The van der Waals surface area contributed by atoms with E-state index in [2.05, 4.69) is 29.6 Å². The molecule has 1 fully saturated rings. The molecule has 2 aromatic carbocycles. The van der Waals surface area contributed by atoms with Gasteiger partial charge in [-0.3, -0.25) is 0 Å². The van der Waals surface area contributed by atoms with Crippen LogP contribution in [0.25, 0.3) is 0 Å². The van der Waals surface area contributed by atoms with Crippen molar-refractivity contribution in [3.8, 4) is 0 Å². The van der Waals surface area contributed by atoms with Crippen LogP contribution < -0.4 is 11.1 Å². The van der Waals surface area contributed by atoms with E-state index in [9.17, 15) is 0 Å². The fourth-order valence-electron chi connectivity index (χ4n) is 2.11. The first-order valence-corrected chi connectivity index (χ1v) is 6.48. The molecule has 0 aliphatic heterocycles. The SMILES string of the molecule is Cl.N[C@H]1C[C@@H]1c1ccc(Nc2ccc(Cl)cc2)cc1. The van der Waals surface area contributed by atoms with Crippen molar-refractivity contribution < 1.29 is 0 Å². The highest BCUT2D eigenvalue weighted by Gasteiger charge is 2.34. The molecule has 2 nitrogen and oxygen atoms in total. The van der Waals surface area contributed by atoms with E-state index >= 15 is 0 Å². The van der Waals surface area contributed by atoms with Gasteiger partial charge in [0, 0.05) is 28.4 Å². The molecule has 2 aromatic rings. The Labute approximate surface area is 124 Å². The summed E-state index contributed by atoms with van der Waals surface area (Å²) in [4.78, 5) is 0. The molecule has 0 saturated heterocycles. The van der Waals surface area contributed by atoms with Crippen LogP contribution in [0, 0.1) is 0 Å². The van der Waals surface area contributed by atoms with Gasteiger partial charge in [-0.05, 0) is 48.4 Å². The van der Waals surface area contributed by atoms with Crippen LogP contribution in [0.2, 0.25) is 5.02 Å². The van der Waals surface area contributed by atoms with E-state index in [0.717, 1.165) is 22.8 Å². The van der Waals surface area contributed by atoms with Gasteiger partial charge in [0.25, 0.3) is 0 Å². The number of hydrogen-bond acceptors (Lipinski definition) is 2. The summed E-state index contributed by atoms with van der Waals surface area (Å²) in [6.45, 7) is 0. The second kappa shape index (κ2) is 5.83. The normalized spacial score (nSPS) is 20.5. The summed E-state index contributed by atoms with van der Waals surface area (Å²) >= 11 is 5.85. The molecular weight excluding hydrogens is 279 g/mol. The van der Waals surface area contributed by atoms with Crippen LogP contribution in [0.15, 0.2) is 48.5 Å². The zero-order valence-corrected chi connectivity index (χ0v) is 11.9. The van der Waals surface area contributed by atoms with Gasteiger partial charge in [-0.2, -0.15) is 0 Å². The summed E-state index contributed by atoms with van der Waals surface area (Å²) in [6.07, 6.45) is 1.12. The molecule has 0 unspecified atom stereocenters. The minimum atomic E-state index is 0. The number of rotatable bonds is 3. The summed E-state index contributed by atoms with van der Waals surface area (Å²) in [7, 11) is 0. The Bertz CT molecular complexity index is 537. The van der Waals surface area contributed by atoms with Gasteiger partial charge in [0.1, 0.15) is 0 Å². The van der Waals surface area contributed by atoms with Crippen molar-refractivity contribution in [1.82, 2.24) is 0 Å². The molecule has 100 valence electrons. The topological polar surface area (TPSA) is 38.0 Å². The van der Waals surface area contributed by atoms with E-state index < -0.39 is 0 Å². The van der Waals surface area contributed by atoms with Gasteiger partial charge in [0.2, 0.25) is 0 Å². The molecule has 0 radical (unpaired) electrons. The Morgan fingerprint density at radius 3 is 1.89 bits per heavy atom. The van der Waals surface area contributed by atoms with Crippen LogP contribution in [0.3, 0.4) is 0 Å². The Morgan fingerprint density at radius 1 is 0.947 bits per heavy atom. The van der Waals surface area contributed by atoms with Crippen LogP contribution >= 0.6 is 24.0 Å². The Morgan fingerprint density at radius 2 is 1.42 bits per heavy atom. The molecule has 0 spiro atoms. The summed E-state index contributed by atoms with van der Waals surface area (Å²) < 4.78 is 0. The highest BCUT2D eigenvalue weighted by molar-refractivity contribution is 6.30. The number of halogens is 2. The molecule has 0 bridgehead atoms. The zero-order chi connectivity index (χ0) is 12.5. The molecule has 19 heavy (non-hydrogen) atoms. The lowest BCUT2D eigenvalue weighted by Crippen LogP contribution is -2.00. The monoisotopic (exact) mass is 294 g/mol. The molecular formula is C15H16Cl2N2. The van der Waals surface area contributed by atoms with Gasteiger partial charge in [-0.1, -0.05) is 23.7 Å². The molecule has 0 amide bonds. The maximum atomic E-state index is 5.85. The maximum absolute atomic E-state index is 5.85. The van der Waals surface area contributed by atoms with Crippen molar-refractivity contribution in [3.05, 3.63) is 59.1 Å². The van der Waals surface area contributed by atoms with E-state index in [1.807, 2.05) is 24.3 Å². The third-order valence-electron chi connectivity index (χ3n) is 3.31. The molecule has 0 aromatic heterocycles. The number of anilines is 2. The molecule has 3 rings (SSSR count). The number of nitrogens with one attached hydrogen (secondary N) is 1. The Hall–Kier alpha value is -1.22. The molecule has 3 N–H and O–H groups in total. The first-order valence-electron chi connectivity index (χ1n) is 6.10. The largest absolute Gasteiger partial charge is 0.356 e. The van der Waals surface area contributed by atoms with Crippen LogP contribution in [-0.4, -0.2) is 6.04 Å². The van der Waals surface area contributed by atoms with Gasteiger partial charge in [-0.25, -0.2) is 0 Å². The van der Waals surface area contributed by atoms with E-state index in [1.54, 1.807) is 0 Å². The Kier molecular flexibility index (Phi) is 4.35. The van der Waals surface area contributed by atoms with Crippen molar-refractivity contribution in [3.63, 3.8) is 0 Å². The zero-order valence-electron chi connectivity index (χ0n) is 10.3. The van der Waals surface area contributed by atoms with Crippen LogP contribution in [0.5, 0.6) is 0 Å². The lowest BCUT2D eigenvalue weighted by Gasteiger charge is -2.07. The standard InChI is InChI=1S/C15H15ClN2.ClH/c16-11-3-7-13(8-4-11)18-12-5-1-10(2-6-12)14-9-15(14)17;/h1-8,14-15,18H,9,17H2;1H/t14-,15+;/m1./s1. The molecule has 2 atom stereocenters. The summed E-state index contributed by atoms with van der Waals surface area (Å²) in [6, 6.07) is 16.5. The Balaban J connectivity index is 0.00000133. The number of nitrogens with two attached hydrogens (primary N) is 1. The third-order valence-corrected chi connectivity index (χ3v) is 3.56. The van der Waals surface area contributed by atoms with E-state index in [0.29, 0.717) is 12.0 Å². The molecule has 1 aliphatic rings. The predicted octanol–water partition coefficient (Wildman–Crippen LogP) is 4.32. The average molecular weight is 295 g/mol. The van der Waals surface area contributed by atoms with Crippen molar-refractivity contribution >= 4 is 35.4 Å². The van der Waals surface area contributed by atoms with Crippen molar-refractivity contribution in [2.24, 2.45) is 5.73 Å². The highest BCUT2D eigenvalue weighted by atomic mass is 35.5. The second-order valence-corrected chi connectivity index (χ2v) is 5.20. The lowest BCUT2D eigenvalue weighted by atomic mass is 10.1. The average Bonchev–Trinajstić information content (AvgIpc) is 3.10. The lowest BCUT2D eigenvalue weighted by molar-refractivity contribution is 0.991. The minimum Gasteiger partial charge on any atom is -0.356 e. The fraction of sp³-hybridized carbons (Fsp3) is 0.200. The van der Waals surface area contributed by atoms with Gasteiger partial charge in [0.15, 0.2) is 0 Å². The minimum absolute atomic E-state index is 0. The summed E-state index contributed by atoms with van der Waals surface area (Å²) in [5.74, 6) is 0.564. The third kappa shape index (κ3) is 3.41. The van der Waals surface area contributed by atoms with E-state index in [-0.39, 0.29) is 12.4 Å². The quantitative estimate of drug-likeness (QED) is 0.885. The first-order chi connectivity index (χ1) is 8.72. The van der Waals surface area contributed by atoms with Crippen LogP contribution in [0.4, 0.5) is 11.4 Å². The van der Waals surface area contributed by atoms with Gasteiger partial charge >= 0.3 is 0 Å². The molecule has 1 aliphatic carbocycles.